The summed E-state index contributed by atoms with van der Waals surface area (Å²) in [5.74, 6) is 0.296. The summed E-state index contributed by atoms with van der Waals surface area (Å²) in [7, 11) is 0. The third-order valence-electron chi connectivity index (χ3n) is 4.39. The third-order valence-corrected chi connectivity index (χ3v) is 4.88. The molecule has 3 heterocycles. The number of aryl methyl sites for hydroxylation is 2. The second-order valence-electron chi connectivity index (χ2n) is 6.26. The molecule has 0 aliphatic rings. The van der Waals surface area contributed by atoms with Crippen LogP contribution in [-0.4, -0.2) is 19.9 Å². The number of hydrogen-bond acceptors (Lipinski definition) is 3. The zero-order valence-corrected chi connectivity index (χ0v) is 15.7. The molecule has 0 aliphatic carbocycles. The first-order valence-corrected chi connectivity index (χ1v) is 9.20. The van der Waals surface area contributed by atoms with Gasteiger partial charge in [-0.2, -0.15) is 0 Å². The van der Waals surface area contributed by atoms with E-state index in [1.807, 2.05) is 12.3 Å². The third kappa shape index (κ3) is 3.94. The van der Waals surface area contributed by atoms with Crippen molar-refractivity contribution in [3.8, 4) is 0 Å². The number of nitrogens with zero attached hydrogens (tertiary/aromatic N) is 3. The van der Waals surface area contributed by atoms with Crippen LogP contribution in [0.25, 0.3) is 11.0 Å². The summed E-state index contributed by atoms with van der Waals surface area (Å²) in [4.78, 5) is 16.2. The van der Waals surface area contributed by atoms with E-state index < -0.39 is 0 Å². The molecule has 0 saturated carbocycles. The first-order valence-electron chi connectivity index (χ1n) is 8.44. The molecular formula is C20H15Cl2FN4. The number of aromatic nitrogens is 4. The minimum absolute atomic E-state index is 0.136. The van der Waals surface area contributed by atoms with Gasteiger partial charge in [0, 0.05) is 43.0 Å². The number of rotatable bonds is 5. The molecule has 4 rings (SSSR count). The molecular weight excluding hydrogens is 386 g/mol. The molecule has 27 heavy (non-hydrogen) atoms. The number of benzene rings is 1. The smallest absolute Gasteiger partial charge is 0.144 e. The fraction of sp³-hybridized carbons (Fsp3) is 0.150. The van der Waals surface area contributed by atoms with E-state index in [0.717, 1.165) is 22.2 Å². The summed E-state index contributed by atoms with van der Waals surface area (Å²) in [6, 6.07) is 6.91. The molecule has 0 spiro atoms. The van der Waals surface area contributed by atoms with Gasteiger partial charge in [0.25, 0.3) is 0 Å². The number of fused-ring (bicyclic) bond motifs is 1. The van der Waals surface area contributed by atoms with Crippen molar-refractivity contribution in [2.75, 3.05) is 0 Å². The Labute approximate surface area is 165 Å². The van der Waals surface area contributed by atoms with Gasteiger partial charge >= 0.3 is 0 Å². The maximum Gasteiger partial charge on any atom is 0.144 e. The number of halogens is 3. The van der Waals surface area contributed by atoms with E-state index in [9.17, 15) is 4.39 Å². The lowest BCUT2D eigenvalue weighted by molar-refractivity contribution is 0.607. The van der Waals surface area contributed by atoms with Crippen LogP contribution in [0.4, 0.5) is 4.39 Å². The highest BCUT2D eigenvalue weighted by atomic mass is 35.5. The lowest BCUT2D eigenvalue weighted by Crippen LogP contribution is -2.01. The van der Waals surface area contributed by atoms with Gasteiger partial charge in [0.2, 0.25) is 0 Å². The van der Waals surface area contributed by atoms with Gasteiger partial charge in [0.05, 0.1) is 10.0 Å². The zero-order valence-electron chi connectivity index (χ0n) is 14.2. The molecule has 0 saturated heterocycles. The number of H-pyrrole nitrogens is 1. The summed E-state index contributed by atoms with van der Waals surface area (Å²) < 4.78 is 13.9. The van der Waals surface area contributed by atoms with Crippen molar-refractivity contribution in [2.24, 2.45) is 0 Å². The van der Waals surface area contributed by atoms with E-state index >= 15 is 0 Å². The Morgan fingerprint density at radius 3 is 2.59 bits per heavy atom. The van der Waals surface area contributed by atoms with Crippen molar-refractivity contribution in [3.63, 3.8) is 0 Å². The molecule has 0 fully saturated rings. The maximum atomic E-state index is 13.9. The highest BCUT2D eigenvalue weighted by molar-refractivity contribution is 6.31. The lowest BCUT2D eigenvalue weighted by atomic mass is 10.1. The van der Waals surface area contributed by atoms with E-state index in [-0.39, 0.29) is 10.8 Å². The standard InChI is InChI=1S/C20H15Cl2FN4/c21-15-7-16-14(10-26-20(16)27-11-15)6-12-8-24-18(25-9-12)5-4-13-2-1-3-17(22)19(13)23/h1-3,7-11H,4-6H2,(H,26,27). The van der Waals surface area contributed by atoms with Gasteiger partial charge in [0.15, 0.2) is 0 Å². The van der Waals surface area contributed by atoms with Gasteiger partial charge in [-0.15, -0.1) is 0 Å². The molecule has 7 heteroatoms. The molecule has 1 N–H and O–H groups in total. The minimum Gasteiger partial charge on any atom is -0.346 e. The topological polar surface area (TPSA) is 54.5 Å². The predicted octanol–water partition coefficient (Wildman–Crippen LogP) is 5.17. The fourth-order valence-corrected chi connectivity index (χ4v) is 3.34. The average molecular weight is 401 g/mol. The van der Waals surface area contributed by atoms with E-state index in [0.29, 0.717) is 35.7 Å². The summed E-state index contributed by atoms with van der Waals surface area (Å²) in [6.45, 7) is 0. The van der Waals surface area contributed by atoms with Crippen LogP contribution in [0.5, 0.6) is 0 Å². The molecule has 136 valence electrons. The first-order chi connectivity index (χ1) is 13.1. The summed E-state index contributed by atoms with van der Waals surface area (Å²) in [5, 5.41) is 1.73. The van der Waals surface area contributed by atoms with Gasteiger partial charge in [0.1, 0.15) is 17.3 Å². The molecule has 1 aromatic carbocycles. The van der Waals surface area contributed by atoms with Gasteiger partial charge in [-0.1, -0.05) is 35.3 Å². The van der Waals surface area contributed by atoms with Crippen molar-refractivity contribution in [2.45, 2.75) is 19.3 Å². The van der Waals surface area contributed by atoms with Gasteiger partial charge in [-0.3, -0.25) is 0 Å². The summed E-state index contributed by atoms with van der Waals surface area (Å²) in [5.41, 5.74) is 3.43. The maximum absolute atomic E-state index is 13.9. The van der Waals surface area contributed by atoms with Crippen molar-refractivity contribution in [3.05, 3.63) is 87.4 Å². The predicted molar refractivity (Wildman–Crippen MR) is 105 cm³/mol. The normalized spacial score (nSPS) is 11.2. The van der Waals surface area contributed by atoms with Crippen LogP contribution in [0.2, 0.25) is 10.0 Å². The van der Waals surface area contributed by atoms with Crippen molar-refractivity contribution >= 4 is 34.2 Å². The van der Waals surface area contributed by atoms with Crippen LogP contribution in [-0.2, 0) is 19.3 Å². The largest absolute Gasteiger partial charge is 0.346 e. The lowest BCUT2D eigenvalue weighted by Gasteiger charge is -2.05. The number of pyridine rings is 1. The van der Waals surface area contributed by atoms with Crippen LogP contribution in [0.1, 0.15) is 22.5 Å². The quantitative estimate of drug-likeness (QED) is 0.502. The molecule has 0 radical (unpaired) electrons. The van der Waals surface area contributed by atoms with Crippen LogP contribution in [0, 0.1) is 5.82 Å². The van der Waals surface area contributed by atoms with Gasteiger partial charge in [-0.05, 0) is 35.2 Å². The molecule has 4 nitrogen and oxygen atoms in total. The van der Waals surface area contributed by atoms with E-state index in [4.69, 9.17) is 23.2 Å². The first kappa shape index (κ1) is 17.9. The second-order valence-corrected chi connectivity index (χ2v) is 7.10. The van der Waals surface area contributed by atoms with Crippen molar-refractivity contribution < 1.29 is 4.39 Å². The zero-order chi connectivity index (χ0) is 18.8. The Morgan fingerprint density at radius 2 is 1.78 bits per heavy atom. The monoisotopic (exact) mass is 400 g/mol. The minimum atomic E-state index is -0.373. The Balaban J connectivity index is 1.45. The van der Waals surface area contributed by atoms with E-state index in [1.165, 1.54) is 0 Å². The summed E-state index contributed by atoms with van der Waals surface area (Å²) in [6.07, 6.45) is 8.85. The molecule has 0 amide bonds. The highest BCUT2D eigenvalue weighted by Crippen LogP contribution is 2.22. The number of aromatic amines is 1. The Hall–Kier alpha value is -2.50. The molecule has 0 aliphatic heterocycles. The Bertz CT molecular complexity index is 1090. The number of nitrogens with one attached hydrogen (secondary N) is 1. The SMILES string of the molecule is Fc1c(Cl)cccc1CCc1ncc(Cc2c[nH]c3ncc(Cl)cc23)cn1. The Morgan fingerprint density at radius 1 is 0.963 bits per heavy atom. The van der Waals surface area contributed by atoms with Gasteiger partial charge in [-0.25, -0.2) is 19.3 Å². The molecule has 4 aromatic rings. The summed E-state index contributed by atoms with van der Waals surface area (Å²) >= 11 is 11.9. The van der Waals surface area contributed by atoms with Crippen molar-refractivity contribution in [1.29, 1.82) is 0 Å². The second kappa shape index (κ2) is 7.62. The molecule has 0 unspecified atom stereocenters. The highest BCUT2D eigenvalue weighted by Gasteiger charge is 2.09. The van der Waals surface area contributed by atoms with E-state index in [1.54, 1.807) is 36.8 Å². The van der Waals surface area contributed by atoms with Crippen LogP contribution in [0.3, 0.4) is 0 Å². The van der Waals surface area contributed by atoms with Crippen LogP contribution < -0.4 is 0 Å². The molecule has 0 atom stereocenters. The van der Waals surface area contributed by atoms with Crippen LogP contribution in [0.15, 0.2) is 49.1 Å². The van der Waals surface area contributed by atoms with Gasteiger partial charge < -0.3 is 4.98 Å². The molecule has 3 aromatic heterocycles. The van der Waals surface area contributed by atoms with E-state index in [2.05, 4.69) is 19.9 Å². The Kier molecular flexibility index (Phi) is 5.05. The average Bonchev–Trinajstić information content (AvgIpc) is 3.06. The number of hydrogen-bond donors (Lipinski definition) is 1. The molecule has 0 bridgehead atoms. The fourth-order valence-electron chi connectivity index (χ4n) is 2.99. The van der Waals surface area contributed by atoms with Crippen LogP contribution >= 0.6 is 23.2 Å². The van der Waals surface area contributed by atoms with Crippen molar-refractivity contribution in [1.82, 2.24) is 19.9 Å².